The number of aromatic nitrogens is 4. The van der Waals surface area contributed by atoms with Crippen LogP contribution in [0.15, 0.2) is 41.7 Å². The van der Waals surface area contributed by atoms with Gasteiger partial charge in [0.25, 0.3) is 0 Å². The number of carbonyl (C=O) groups is 3. The molecule has 0 bridgehead atoms. The van der Waals surface area contributed by atoms with Crippen molar-refractivity contribution in [3.8, 4) is 11.3 Å². The maximum absolute atomic E-state index is 14.3. The molecule has 1 aliphatic rings. The summed E-state index contributed by atoms with van der Waals surface area (Å²) >= 11 is 19.1. The molecule has 1 fully saturated rings. The highest BCUT2D eigenvalue weighted by molar-refractivity contribution is 7.99. The molecular weight excluding hydrogens is 626 g/mol. The number of ether oxygens (including phenoxy) is 4. The zero-order chi connectivity index (χ0) is 29.8. The molecule has 16 heteroatoms. The monoisotopic (exact) mass is 646 g/mol. The van der Waals surface area contributed by atoms with E-state index >= 15 is 0 Å². The van der Waals surface area contributed by atoms with E-state index in [-0.39, 0.29) is 27.9 Å². The van der Waals surface area contributed by atoms with Crippen molar-refractivity contribution in [1.82, 2.24) is 20.0 Å². The normalized spacial score (nSPS) is 22.2. The topological polar surface area (TPSA) is 132 Å². The summed E-state index contributed by atoms with van der Waals surface area (Å²) in [4.78, 5) is 40.8. The maximum atomic E-state index is 14.3. The number of esters is 3. The molecule has 3 heterocycles. The van der Waals surface area contributed by atoms with Gasteiger partial charge in [-0.05, 0) is 18.2 Å². The molecule has 218 valence electrons. The molecule has 11 nitrogen and oxygen atoms in total. The Morgan fingerprint density at radius 1 is 1.02 bits per heavy atom. The summed E-state index contributed by atoms with van der Waals surface area (Å²) in [6.07, 6.45) is 1.08. The average Bonchev–Trinajstić information content (AvgIpc) is 3.37. The van der Waals surface area contributed by atoms with E-state index in [2.05, 4.69) is 15.3 Å². The Kier molecular flexibility index (Phi) is 10.1. The number of benzene rings is 1. The molecule has 2 aromatic heterocycles. The third-order valence-electron chi connectivity index (χ3n) is 5.70. The molecule has 0 aliphatic carbocycles. The predicted octanol–water partition coefficient (Wildman–Crippen LogP) is 4.92. The van der Waals surface area contributed by atoms with E-state index in [9.17, 15) is 18.8 Å². The van der Waals surface area contributed by atoms with Crippen molar-refractivity contribution in [2.24, 2.45) is 0 Å². The second kappa shape index (κ2) is 13.3. The number of hydrogen-bond acceptors (Lipinski definition) is 11. The van der Waals surface area contributed by atoms with Crippen molar-refractivity contribution in [3.63, 3.8) is 0 Å². The minimum atomic E-state index is -1.18. The lowest BCUT2D eigenvalue weighted by molar-refractivity contribution is -0.212. The quantitative estimate of drug-likeness (QED) is 0.187. The highest BCUT2D eigenvalue weighted by Gasteiger charge is 2.52. The lowest BCUT2D eigenvalue weighted by atomic mass is 9.96. The van der Waals surface area contributed by atoms with E-state index in [4.69, 9.17) is 53.8 Å². The van der Waals surface area contributed by atoms with Crippen LogP contribution in [0.25, 0.3) is 11.3 Å². The van der Waals surface area contributed by atoms with Gasteiger partial charge in [-0.2, -0.15) is 0 Å². The standard InChI is InChI=1S/C25H22Cl3FN4O7S/c1-11(34)37-10-20-23(38-12(2)35)22(33-9-19(31-32-33)14-4-17(27)21(28)18(29)5-14)24(39-13(3)36)25(40-20)41-16-6-15(26)7-30-8-16/h4-9,20,22-25H,10H2,1-3H3/t20-,22+,23+,24-,25-/m1/s1. The van der Waals surface area contributed by atoms with E-state index in [0.717, 1.165) is 17.8 Å². The number of halogens is 4. The van der Waals surface area contributed by atoms with Crippen molar-refractivity contribution in [1.29, 1.82) is 0 Å². The molecule has 4 rings (SSSR count). The fourth-order valence-electron chi connectivity index (χ4n) is 4.13. The molecule has 5 atom stereocenters. The molecule has 0 radical (unpaired) electrons. The first kappa shape index (κ1) is 31.0. The number of rotatable bonds is 8. The van der Waals surface area contributed by atoms with Crippen molar-refractivity contribution in [3.05, 3.63) is 57.7 Å². The summed E-state index contributed by atoms with van der Waals surface area (Å²) in [5.74, 6) is -2.71. The van der Waals surface area contributed by atoms with Gasteiger partial charge in [-0.3, -0.25) is 19.4 Å². The van der Waals surface area contributed by atoms with Gasteiger partial charge in [0.05, 0.1) is 21.3 Å². The molecular formula is C25H22Cl3FN4O7S. The van der Waals surface area contributed by atoms with Crippen LogP contribution in [0.2, 0.25) is 15.1 Å². The van der Waals surface area contributed by atoms with Crippen molar-refractivity contribution in [2.75, 3.05) is 6.61 Å². The maximum Gasteiger partial charge on any atom is 0.303 e. The molecule has 0 spiro atoms. The lowest BCUT2D eigenvalue weighted by Crippen LogP contribution is -2.57. The molecule has 0 saturated carbocycles. The zero-order valence-electron chi connectivity index (χ0n) is 21.6. The molecule has 1 saturated heterocycles. The van der Waals surface area contributed by atoms with Crippen LogP contribution in [0.4, 0.5) is 4.39 Å². The fraction of sp³-hybridized carbons (Fsp3) is 0.360. The van der Waals surface area contributed by atoms with Gasteiger partial charge in [0.2, 0.25) is 0 Å². The number of carbonyl (C=O) groups excluding carboxylic acids is 3. The smallest absolute Gasteiger partial charge is 0.303 e. The Balaban J connectivity index is 1.82. The van der Waals surface area contributed by atoms with Crippen LogP contribution >= 0.6 is 46.6 Å². The Bertz CT molecular complexity index is 1440. The van der Waals surface area contributed by atoms with E-state index < -0.39 is 53.5 Å². The van der Waals surface area contributed by atoms with Gasteiger partial charge < -0.3 is 18.9 Å². The number of hydrogen-bond donors (Lipinski definition) is 0. The van der Waals surface area contributed by atoms with Crippen LogP contribution in [-0.4, -0.2) is 68.2 Å². The van der Waals surface area contributed by atoms with Crippen molar-refractivity contribution < 1.29 is 37.7 Å². The third kappa shape index (κ3) is 7.66. The van der Waals surface area contributed by atoms with Crippen molar-refractivity contribution in [2.45, 2.75) is 55.5 Å². The van der Waals surface area contributed by atoms with Gasteiger partial charge in [-0.15, -0.1) is 5.10 Å². The van der Waals surface area contributed by atoms with Gasteiger partial charge in [-0.25, -0.2) is 9.07 Å². The fourth-order valence-corrected chi connectivity index (χ4v) is 5.82. The molecule has 0 amide bonds. The van der Waals surface area contributed by atoms with Gasteiger partial charge >= 0.3 is 17.9 Å². The van der Waals surface area contributed by atoms with E-state index in [1.54, 1.807) is 6.07 Å². The van der Waals surface area contributed by atoms with Gasteiger partial charge in [-0.1, -0.05) is 51.8 Å². The first-order valence-electron chi connectivity index (χ1n) is 11.9. The van der Waals surface area contributed by atoms with Gasteiger partial charge in [0.1, 0.15) is 35.7 Å². The lowest BCUT2D eigenvalue weighted by Gasteiger charge is -2.44. The molecule has 3 aromatic rings. The van der Waals surface area contributed by atoms with Crippen LogP contribution in [0.5, 0.6) is 0 Å². The number of nitrogens with zero attached hydrogens (tertiary/aromatic N) is 4. The van der Waals surface area contributed by atoms with E-state index in [1.165, 1.54) is 50.1 Å². The van der Waals surface area contributed by atoms with Crippen LogP contribution < -0.4 is 0 Å². The molecule has 41 heavy (non-hydrogen) atoms. The van der Waals surface area contributed by atoms with Crippen LogP contribution in [0, 0.1) is 5.82 Å². The minimum Gasteiger partial charge on any atom is -0.463 e. The summed E-state index contributed by atoms with van der Waals surface area (Å²) < 4.78 is 38.4. The zero-order valence-corrected chi connectivity index (χ0v) is 24.7. The highest BCUT2D eigenvalue weighted by Crippen LogP contribution is 2.42. The Labute approximate surface area is 252 Å². The predicted molar refractivity (Wildman–Crippen MR) is 146 cm³/mol. The van der Waals surface area contributed by atoms with E-state index in [0.29, 0.717) is 9.92 Å². The summed E-state index contributed by atoms with van der Waals surface area (Å²) in [6, 6.07) is 3.13. The second-order valence-electron chi connectivity index (χ2n) is 8.78. The summed E-state index contributed by atoms with van der Waals surface area (Å²) in [6.45, 7) is 3.30. The number of pyridine rings is 1. The van der Waals surface area contributed by atoms with Crippen LogP contribution in [0.3, 0.4) is 0 Å². The summed E-state index contributed by atoms with van der Waals surface area (Å²) in [5, 5.41) is 8.37. The molecule has 1 aromatic carbocycles. The molecule has 1 aliphatic heterocycles. The largest absolute Gasteiger partial charge is 0.463 e. The summed E-state index contributed by atoms with van der Waals surface area (Å²) in [7, 11) is 0. The Hall–Kier alpha value is -2.97. The van der Waals surface area contributed by atoms with Crippen LogP contribution in [-0.2, 0) is 33.3 Å². The molecule has 0 N–H and O–H groups in total. The van der Waals surface area contributed by atoms with Crippen LogP contribution in [0.1, 0.15) is 26.8 Å². The van der Waals surface area contributed by atoms with Gasteiger partial charge in [0, 0.05) is 43.6 Å². The van der Waals surface area contributed by atoms with Crippen molar-refractivity contribution >= 4 is 64.5 Å². The Morgan fingerprint density at radius 2 is 1.73 bits per heavy atom. The third-order valence-corrected chi connectivity index (χ3v) is 7.79. The average molecular weight is 648 g/mol. The van der Waals surface area contributed by atoms with Gasteiger partial charge in [0.15, 0.2) is 12.2 Å². The first-order chi connectivity index (χ1) is 19.4. The highest BCUT2D eigenvalue weighted by atomic mass is 35.5. The minimum absolute atomic E-state index is 0.0362. The van der Waals surface area contributed by atoms with E-state index in [1.807, 2.05) is 0 Å². The SMILES string of the molecule is CC(=O)OC[C@H]1O[C@H](Sc2cncc(Cl)c2)[C@H](OC(C)=O)[C@@H](n2cc(-c3cc(F)c(Cl)c(Cl)c3)nn2)[C@H]1OC(C)=O. The Morgan fingerprint density at radius 3 is 2.37 bits per heavy atom. The number of thioether (sulfide) groups is 1. The molecule has 0 unspecified atom stereocenters. The second-order valence-corrected chi connectivity index (χ2v) is 11.2. The summed E-state index contributed by atoms with van der Waals surface area (Å²) in [5.41, 5.74) is -0.501. The first-order valence-corrected chi connectivity index (χ1v) is 13.9.